The van der Waals surface area contributed by atoms with Crippen LogP contribution in [0.15, 0.2) is 41.0 Å². The molecule has 8 heteroatoms. The van der Waals surface area contributed by atoms with Crippen molar-refractivity contribution in [2.45, 2.75) is 6.04 Å². The number of benzene rings is 1. The van der Waals surface area contributed by atoms with Crippen molar-refractivity contribution in [2.24, 2.45) is 0 Å². The molecule has 0 aliphatic heterocycles. The highest BCUT2D eigenvalue weighted by molar-refractivity contribution is 6.39. The van der Waals surface area contributed by atoms with Gasteiger partial charge in [-0.3, -0.25) is 14.5 Å². The standard InChI is InChI=1S/C18H23N3O5/c1-21(2)14(16-6-5-9-26-16)11-19-17(22)18(23)20-13-10-12(24-3)7-8-15(13)25-4/h5-10,14H,11H2,1-4H3,(H,19,22)(H,20,23)/t14-/m1/s1. The fraction of sp³-hybridized carbons (Fsp3) is 0.333. The maximum Gasteiger partial charge on any atom is 0.313 e. The molecule has 26 heavy (non-hydrogen) atoms. The molecule has 2 rings (SSSR count). The Labute approximate surface area is 152 Å². The summed E-state index contributed by atoms with van der Waals surface area (Å²) in [7, 11) is 6.71. The number of carbonyl (C=O) groups excluding carboxylic acids is 2. The van der Waals surface area contributed by atoms with Crippen LogP contribution in [0.4, 0.5) is 5.69 Å². The lowest BCUT2D eigenvalue weighted by Crippen LogP contribution is -2.40. The molecule has 0 aliphatic carbocycles. The zero-order valence-electron chi connectivity index (χ0n) is 15.2. The summed E-state index contributed by atoms with van der Waals surface area (Å²) >= 11 is 0. The lowest BCUT2D eigenvalue weighted by Gasteiger charge is -2.22. The minimum Gasteiger partial charge on any atom is -0.497 e. The molecule has 0 saturated heterocycles. The van der Waals surface area contributed by atoms with E-state index in [1.165, 1.54) is 14.2 Å². The summed E-state index contributed by atoms with van der Waals surface area (Å²) in [4.78, 5) is 26.2. The van der Waals surface area contributed by atoms with E-state index in [9.17, 15) is 9.59 Å². The Morgan fingerprint density at radius 3 is 2.50 bits per heavy atom. The number of likely N-dealkylation sites (N-methyl/N-ethyl adjacent to an activating group) is 1. The van der Waals surface area contributed by atoms with Crippen LogP contribution in [0.25, 0.3) is 0 Å². The largest absolute Gasteiger partial charge is 0.497 e. The van der Waals surface area contributed by atoms with Gasteiger partial charge >= 0.3 is 11.8 Å². The number of carbonyl (C=O) groups is 2. The minimum atomic E-state index is -0.798. The van der Waals surface area contributed by atoms with Gasteiger partial charge in [-0.15, -0.1) is 0 Å². The van der Waals surface area contributed by atoms with E-state index >= 15 is 0 Å². The smallest absolute Gasteiger partial charge is 0.313 e. The number of furan rings is 1. The van der Waals surface area contributed by atoms with E-state index in [0.29, 0.717) is 22.9 Å². The molecule has 1 aromatic heterocycles. The van der Waals surface area contributed by atoms with Crippen molar-refractivity contribution in [1.82, 2.24) is 10.2 Å². The third-order valence-corrected chi connectivity index (χ3v) is 3.81. The number of rotatable bonds is 7. The van der Waals surface area contributed by atoms with Crippen LogP contribution in [0.5, 0.6) is 11.5 Å². The van der Waals surface area contributed by atoms with Crippen molar-refractivity contribution in [3.8, 4) is 11.5 Å². The molecule has 2 amide bonds. The second kappa shape index (κ2) is 8.91. The van der Waals surface area contributed by atoms with Crippen LogP contribution in [0.2, 0.25) is 0 Å². The Morgan fingerprint density at radius 2 is 1.92 bits per heavy atom. The van der Waals surface area contributed by atoms with Gasteiger partial charge in [0.1, 0.15) is 17.3 Å². The van der Waals surface area contributed by atoms with Crippen molar-refractivity contribution in [2.75, 3.05) is 40.2 Å². The van der Waals surface area contributed by atoms with Gasteiger partial charge in [0.2, 0.25) is 0 Å². The predicted octanol–water partition coefficient (Wildman–Crippen LogP) is 1.65. The van der Waals surface area contributed by atoms with Gasteiger partial charge < -0.3 is 24.5 Å². The quantitative estimate of drug-likeness (QED) is 0.729. The zero-order chi connectivity index (χ0) is 19.1. The van der Waals surface area contributed by atoms with Crippen molar-refractivity contribution in [3.63, 3.8) is 0 Å². The van der Waals surface area contributed by atoms with Gasteiger partial charge in [-0.25, -0.2) is 0 Å². The first-order chi connectivity index (χ1) is 12.5. The summed E-state index contributed by atoms with van der Waals surface area (Å²) in [6, 6.07) is 8.32. The molecule has 0 unspecified atom stereocenters. The van der Waals surface area contributed by atoms with Gasteiger partial charge in [0, 0.05) is 12.6 Å². The third kappa shape index (κ3) is 4.76. The summed E-state index contributed by atoms with van der Waals surface area (Å²) < 4.78 is 15.7. The first-order valence-electron chi connectivity index (χ1n) is 7.97. The number of ether oxygens (including phenoxy) is 2. The zero-order valence-corrected chi connectivity index (χ0v) is 15.2. The average Bonchev–Trinajstić information content (AvgIpc) is 3.15. The monoisotopic (exact) mass is 361 g/mol. The highest BCUT2D eigenvalue weighted by Gasteiger charge is 2.21. The molecule has 1 heterocycles. The Hall–Kier alpha value is -3.00. The maximum atomic E-state index is 12.2. The lowest BCUT2D eigenvalue weighted by molar-refractivity contribution is -0.136. The van der Waals surface area contributed by atoms with E-state index in [4.69, 9.17) is 13.9 Å². The second-order valence-corrected chi connectivity index (χ2v) is 5.73. The number of hydrogen-bond acceptors (Lipinski definition) is 6. The summed E-state index contributed by atoms with van der Waals surface area (Å²) in [5, 5.41) is 5.14. The molecular formula is C18H23N3O5. The average molecular weight is 361 g/mol. The number of hydrogen-bond donors (Lipinski definition) is 2. The Bertz CT molecular complexity index is 743. The first kappa shape index (κ1) is 19.3. The highest BCUT2D eigenvalue weighted by Crippen LogP contribution is 2.28. The summed E-state index contributed by atoms with van der Waals surface area (Å²) in [6.45, 7) is 0.224. The van der Waals surface area contributed by atoms with Crippen molar-refractivity contribution < 1.29 is 23.5 Å². The molecule has 2 N–H and O–H groups in total. The molecule has 8 nitrogen and oxygen atoms in total. The third-order valence-electron chi connectivity index (χ3n) is 3.81. The van der Waals surface area contributed by atoms with Crippen LogP contribution in [0.1, 0.15) is 11.8 Å². The maximum absolute atomic E-state index is 12.2. The van der Waals surface area contributed by atoms with Gasteiger partial charge in [-0.05, 0) is 38.4 Å². The molecule has 1 atom stereocenters. The highest BCUT2D eigenvalue weighted by atomic mass is 16.5. The second-order valence-electron chi connectivity index (χ2n) is 5.73. The van der Waals surface area contributed by atoms with Gasteiger partial charge in [-0.2, -0.15) is 0 Å². The summed E-state index contributed by atoms with van der Waals surface area (Å²) in [6.07, 6.45) is 1.56. The van der Waals surface area contributed by atoms with Crippen molar-refractivity contribution in [3.05, 3.63) is 42.4 Å². The van der Waals surface area contributed by atoms with E-state index in [0.717, 1.165) is 0 Å². The van der Waals surface area contributed by atoms with E-state index in [1.807, 2.05) is 25.1 Å². The Balaban J connectivity index is 2.00. The number of amides is 2. The fourth-order valence-electron chi connectivity index (χ4n) is 2.38. The number of nitrogens with zero attached hydrogens (tertiary/aromatic N) is 1. The van der Waals surface area contributed by atoms with Crippen LogP contribution in [-0.2, 0) is 9.59 Å². The van der Waals surface area contributed by atoms with Crippen molar-refractivity contribution in [1.29, 1.82) is 0 Å². The van der Waals surface area contributed by atoms with E-state index < -0.39 is 11.8 Å². The van der Waals surface area contributed by atoms with E-state index in [1.54, 1.807) is 30.5 Å². The molecule has 0 spiro atoms. The topological polar surface area (TPSA) is 93.0 Å². The van der Waals surface area contributed by atoms with Gasteiger partial charge in [-0.1, -0.05) is 0 Å². The van der Waals surface area contributed by atoms with Crippen LogP contribution < -0.4 is 20.1 Å². The molecule has 0 fully saturated rings. The van der Waals surface area contributed by atoms with Gasteiger partial charge in [0.25, 0.3) is 0 Å². The molecule has 1 aromatic carbocycles. The van der Waals surface area contributed by atoms with Crippen molar-refractivity contribution >= 4 is 17.5 Å². The SMILES string of the molecule is COc1ccc(OC)c(NC(=O)C(=O)NC[C@H](c2ccco2)N(C)C)c1. The van der Waals surface area contributed by atoms with E-state index in [2.05, 4.69) is 10.6 Å². The number of anilines is 1. The van der Waals surface area contributed by atoms with Crippen LogP contribution in [-0.4, -0.2) is 51.6 Å². The lowest BCUT2D eigenvalue weighted by atomic mass is 10.2. The molecule has 140 valence electrons. The van der Waals surface area contributed by atoms with Crippen LogP contribution >= 0.6 is 0 Å². The molecule has 0 bridgehead atoms. The molecule has 0 aliphatic rings. The number of nitrogens with one attached hydrogen (secondary N) is 2. The minimum absolute atomic E-state index is 0.187. The normalized spacial score (nSPS) is 11.7. The Morgan fingerprint density at radius 1 is 1.15 bits per heavy atom. The predicted molar refractivity (Wildman–Crippen MR) is 96.3 cm³/mol. The Kier molecular flexibility index (Phi) is 6.62. The molecule has 2 aromatic rings. The fourth-order valence-corrected chi connectivity index (χ4v) is 2.38. The molecule has 0 saturated carbocycles. The summed E-state index contributed by atoms with van der Waals surface area (Å²) in [5.41, 5.74) is 0.349. The van der Waals surface area contributed by atoms with Crippen LogP contribution in [0, 0.1) is 0 Å². The van der Waals surface area contributed by atoms with Gasteiger partial charge in [0.15, 0.2) is 0 Å². The van der Waals surface area contributed by atoms with Gasteiger partial charge in [0.05, 0.1) is 32.2 Å². The summed E-state index contributed by atoms with van der Waals surface area (Å²) in [5.74, 6) is 0.104. The number of methoxy groups -OCH3 is 2. The first-order valence-corrected chi connectivity index (χ1v) is 7.97. The van der Waals surface area contributed by atoms with Crippen LogP contribution in [0.3, 0.4) is 0 Å². The molecular weight excluding hydrogens is 338 g/mol. The molecule has 0 radical (unpaired) electrons. The van der Waals surface area contributed by atoms with E-state index in [-0.39, 0.29) is 12.6 Å².